The summed E-state index contributed by atoms with van der Waals surface area (Å²) in [6.07, 6.45) is 3.58. The lowest BCUT2D eigenvalue weighted by Gasteiger charge is -2.15. The quantitative estimate of drug-likeness (QED) is 0.806. The summed E-state index contributed by atoms with van der Waals surface area (Å²) in [4.78, 5) is 4.23. The van der Waals surface area contributed by atoms with Gasteiger partial charge in [0, 0.05) is 12.3 Å². The lowest BCUT2D eigenvalue weighted by Crippen LogP contribution is -2.31. The zero-order chi connectivity index (χ0) is 10.6. The Bertz CT molecular complexity index is 332. The van der Waals surface area contributed by atoms with Gasteiger partial charge in [0.1, 0.15) is 16.8 Å². The van der Waals surface area contributed by atoms with E-state index >= 15 is 0 Å². The van der Waals surface area contributed by atoms with E-state index in [4.69, 9.17) is 34.3 Å². The molecule has 76 valence electrons. The van der Waals surface area contributed by atoms with Gasteiger partial charge in [0.25, 0.3) is 0 Å². The minimum atomic E-state index is -0.259. The maximum Gasteiger partial charge on any atom is 0.148 e. The minimum absolute atomic E-state index is 0.259. The maximum absolute atomic E-state index is 5.74. The molecule has 1 unspecified atom stereocenters. The smallest absolute Gasteiger partial charge is 0.148 e. The Labute approximate surface area is 93.2 Å². The van der Waals surface area contributed by atoms with Crippen molar-refractivity contribution in [1.82, 2.24) is 4.98 Å². The van der Waals surface area contributed by atoms with E-state index in [-0.39, 0.29) is 6.10 Å². The fraction of sp³-hybridized carbons (Fsp3) is 0.333. The number of aromatic nitrogens is 1. The van der Waals surface area contributed by atoms with Crippen LogP contribution in [0.25, 0.3) is 0 Å². The number of hydrogen-bond donors (Lipinski definition) is 1. The van der Waals surface area contributed by atoms with Crippen molar-refractivity contribution < 1.29 is 4.74 Å². The molecule has 1 heterocycles. The summed E-state index contributed by atoms with van der Waals surface area (Å²) in [5.74, 6) is 0.581. The van der Waals surface area contributed by atoms with Crippen LogP contribution in [0.1, 0.15) is 13.3 Å². The molecule has 0 spiro atoms. The second-order valence-corrected chi connectivity index (χ2v) is 3.66. The summed E-state index contributed by atoms with van der Waals surface area (Å²) < 4.78 is 5.49. The van der Waals surface area contributed by atoms with Crippen LogP contribution in [0.2, 0.25) is 5.02 Å². The molecular weight excluding hydrogens is 220 g/mol. The number of nitrogens with zero attached hydrogens (tertiary/aromatic N) is 1. The van der Waals surface area contributed by atoms with E-state index in [2.05, 4.69) is 4.98 Å². The van der Waals surface area contributed by atoms with Crippen LogP contribution < -0.4 is 10.5 Å². The number of halogens is 1. The van der Waals surface area contributed by atoms with Gasteiger partial charge in [-0.2, -0.15) is 0 Å². The molecule has 3 nitrogen and oxygen atoms in total. The van der Waals surface area contributed by atoms with Gasteiger partial charge in [0.05, 0.1) is 11.2 Å². The predicted octanol–water partition coefficient (Wildman–Crippen LogP) is 2.18. The zero-order valence-electron chi connectivity index (χ0n) is 7.74. The molecule has 14 heavy (non-hydrogen) atoms. The number of rotatable bonds is 4. The van der Waals surface area contributed by atoms with Crippen LogP contribution >= 0.6 is 23.8 Å². The molecule has 0 aromatic carbocycles. The van der Waals surface area contributed by atoms with Crippen molar-refractivity contribution in [2.45, 2.75) is 19.4 Å². The molecular formula is C9H11ClN2OS. The molecule has 1 atom stereocenters. The van der Waals surface area contributed by atoms with Crippen molar-refractivity contribution in [2.24, 2.45) is 5.73 Å². The van der Waals surface area contributed by atoms with Crippen LogP contribution in [0.15, 0.2) is 18.5 Å². The van der Waals surface area contributed by atoms with Gasteiger partial charge in [-0.05, 0) is 6.42 Å². The van der Waals surface area contributed by atoms with E-state index < -0.39 is 0 Å². The number of ether oxygens (including phenoxy) is 1. The van der Waals surface area contributed by atoms with Gasteiger partial charge in [-0.3, -0.25) is 4.98 Å². The summed E-state index contributed by atoms with van der Waals surface area (Å²) >= 11 is 10.6. The topological polar surface area (TPSA) is 48.1 Å². The Morgan fingerprint density at radius 3 is 2.93 bits per heavy atom. The van der Waals surface area contributed by atoms with Crippen LogP contribution in [-0.4, -0.2) is 16.1 Å². The summed E-state index contributed by atoms with van der Waals surface area (Å²) in [6, 6.07) is 1.68. The first-order valence-electron chi connectivity index (χ1n) is 4.20. The van der Waals surface area contributed by atoms with E-state index in [0.29, 0.717) is 15.8 Å². The van der Waals surface area contributed by atoms with E-state index in [1.807, 2.05) is 6.92 Å². The van der Waals surface area contributed by atoms with Gasteiger partial charge in [-0.25, -0.2) is 0 Å². The Morgan fingerprint density at radius 2 is 2.43 bits per heavy atom. The molecule has 0 bridgehead atoms. The van der Waals surface area contributed by atoms with Gasteiger partial charge >= 0.3 is 0 Å². The first-order chi connectivity index (χ1) is 6.63. The summed E-state index contributed by atoms with van der Waals surface area (Å²) in [5.41, 5.74) is 5.49. The fourth-order valence-corrected chi connectivity index (χ4v) is 1.34. The molecule has 0 saturated carbocycles. The molecule has 2 N–H and O–H groups in total. The highest BCUT2D eigenvalue weighted by molar-refractivity contribution is 7.80. The van der Waals surface area contributed by atoms with Crippen molar-refractivity contribution in [1.29, 1.82) is 0 Å². The molecule has 1 rings (SSSR count). The lowest BCUT2D eigenvalue weighted by molar-refractivity contribution is 0.263. The van der Waals surface area contributed by atoms with E-state index in [1.165, 1.54) is 6.20 Å². The fourth-order valence-electron chi connectivity index (χ4n) is 0.964. The lowest BCUT2D eigenvalue weighted by atomic mass is 10.3. The van der Waals surface area contributed by atoms with Crippen molar-refractivity contribution >= 4 is 28.8 Å². The van der Waals surface area contributed by atoms with Crippen LogP contribution in [0, 0.1) is 0 Å². The number of hydrogen-bond acceptors (Lipinski definition) is 3. The normalized spacial score (nSPS) is 12.1. The van der Waals surface area contributed by atoms with Gasteiger partial charge in [0.2, 0.25) is 0 Å². The third-order valence-electron chi connectivity index (χ3n) is 1.65. The average Bonchev–Trinajstić information content (AvgIpc) is 2.14. The molecule has 0 aliphatic heterocycles. The standard InChI is InChI=1S/C9H11ClN2OS/c1-2-8(9(11)14)13-7-3-6(10)4-12-5-7/h3-5,8H,2H2,1H3,(H2,11,14). The van der Waals surface area contributed by atoms with Crippen LogP contribution in [0.4, 0.5) is 0 Å². The van der Waals surface area contributed by atoms with Crippen LogP contribution in [-0.2, 0) is 0 Å². The minimum Gasteiger partial charge on any atom is -0.482 e. The highest BCUT2D eigenvalue weighted by atomic mass is 35.5. The summed E-state index contributed by atoms with van der Waals surface area (Å²) in [6.45, 7) is 1.95. The first kappa shape index (κ1) is 11.2. The number of pyridine rings is 1. The van der Waals surface area contributed by atoms with E-state index in [9.17, 15) is 0 Å². The first-order valence-corrected chi connectivity index (χ1v) is 4.98. The summed E-state index contributed by atoms with van der Waals surface area (Å²) in [5, 5.41) is 0.528. The summed E-state index contributed by atoms with van der Waals surface area (Å²) in [7, 11) is 0. The second-order valence-electron chi connectivity index (χ2n) is 2.76. The molecule has 1 aromatic rings. The van der Waals surface area contributed by atoms with Gasteiger partial charge < -0.3 is 10.5 Å². The van der Waals surface area contributed by atoms with Gasteiger partial charge in [-0.1, -0.05) is 30.7 Å². The molecule has 0 aliphatic rings. The Kier molecular flexibility index (Phi) is 4.10. The van der Waals surface area contributed by atoms with Gasteiger partial charge in [-0.15, -0.1) is 0 Å². The van der Waals surface area contributed by atoms with Crippen molar-refractivity contribution in [2.75, 3.05) is 0 Å². The van der Waals surface area contributed by atoms with Crippen molar-refractivity contribution in [3.63, 3.8) is 0 Å². The molecule has 0 radical (unpaired) electrons. The van der Waals surface area contributed by atoms with Gasteiger partial charge in [0.15, 0.2) is 0 Å². The second kappa shape index (κ2) is 5.12. The Morgan fingerprint density at radius 1 is 1.71 bits per heavy atom. The van der Waals surface area contributed by atoms with Crippen molar-refractivity contribution in [3.05, 3.63) is 23.5 Å². The van der Waals surface area contributed by atoms with E-state index in [0.717, 1.165) is 6.42 Å². The Hall–Kier alpha value is -0.870. The monoisotopic (exact) mass is 230 g/mol. The number of thiocarbonyl (C=S) groups is 1. The molecule has 5 heteroatoms. The average molecular weight is 231 g/mol. The maximum atomic E-state index is 5.74. The van der Waals surface area contributed by atoms with Crippen LogP contribution in [0.3, 0.4) is 0 Å². The molecule has 1 aromatic heterocycles. The third-order valence-corrected chi connectivity index (χ3v) is 2.12. The Balaban J connectivity index is 2.72. The third kappa shape index (κ3) is 3.12. The highest BCUT2D eigenvalue weighted by Crippen LogP contribution is 2.17. The van der Waals surface area contributed by atoms with Crippen LogP contribution in [0.5, 0.6) is 5.75 Å². The van der Waals surface area contributed by atoms with E-state index in [1.54, 1.807) is 12.3 Å². The SMILES string of the molecule is CCC(Oc1cncc(Cl)c1)C(N)=S. The number of nitrogens with two attached hydrogens (primary N) is 1. The molecule has 0 saturated heterocycles. The largest absolute Gasteiger partial charge is 0.482 e. The van der Waals surface area contributed by atoms with Crippen molar-refractivity contribution in [3.8, 4) is 5.75 Å². The predicted molar refractivity (Wildman–Crippen MR) is 60.7 cm³/mol. The zero-order valence-corrected chi connectivity index (χ0v) is 9.31. The molecule has 0 amide bonds. The molecule has 0 fully saturated rings. The highest BCUT2D eigenvalue weighted by Gasteiger charge is 2.11. The molecule has 0 aliphatic carbocycles.